The molecule has 1 aliphatic heterocycles. The van der Waals surface area contributed by atoms with Gasteiger partial charge < -0.3 is 4.74 Å². The summed E-state index contributed by atoms with van der Waals surface area (Å²) in [7, 11) is -3.58. The predicted octanol–water partition coefficient (Wildman–Crippen LogP) is 2.89. The number of fused-ring (bicyclic) bond motifs is 1. The van der Waals surface area contributed by atoms with Gasteiger partial charge in [0.15, 0.2) is 5.78 Å². The molecule has 0 bridgehead atoms. The Bertz CT molecular complexity index is 1100. The lowest BCUT2D eigenvalue weighted by Crippen LogP contribution is -2.56. The van der Waals surface area contributed by atoms with Crippen molar-refractivity contribution in [2.24, 2.45) is 0 Å². The molecule has 7 heteroatoms. The monoisotopic (exact) mass is 382 g/mol. The van der Waals surface area contributed by atoms with Gasteiger partial charge in [0, 0.05) is 17.0 Å². The van der Waals surface area contributed by atoms with Gasteiger partial charge in [-0.2, -0.15) is 4.31 Å². The fourth-order valence-electron chi connectivity index (χ4n) is 2.97. The SMILES string of the molecule is CC(=O)c1ccc(S(=O)(=O)N2CC(Oc3ccc4ccccc4n3)C2)cc1. The number of para-hydroxylation sites is 1. The minimum absolute atomic E-state index is 0.0979. The van der Waals surface area contributed by atoms with E-state index in [0.717, 1.165) is 10.9 Å². The molecule has 1 saturated heterocycles. The van der Waals surface area contributed by atoms with Crippen LogP contribution in [0.1, 0.15) is 17.3 Å². The fourth-order valence-corrected chi connectivity index (χ4v) is 4.47. The Kier molecular flexibility index (Phi) is 4.41. The van der Waals surface area contributed by atoms with E-state index >= 15 is 0 Å². The van der Waals surface area contributed by atoms with E-state index in [1.807, 2.05) is 30.3 Å². The molecule has 1 aromatic heterocycles. The van der Waals surface area contributed by atoms with Gasteiger partial charge in [-0.3, -0.25) is 4.79 Å². The Morgan fingerprint density at radius 3 is 2.44 bits per heavy atom. The highest BCUT2D eigenvalue weighted by Gasteiger charge is 2.38. The normalized spacial score (nSPS) is 15.4. The van der Waals surface area contributed by atoms with E-state index < -0.39 is 10.0 Å². The molecule has 27 heavy (non-hydrogen) atoms. The van der Waals surface area contributed by atoms with Crippen molar-refractivity contribution in [2.45, 2.75) is 17.9 Å². The van der Waals surface area contributed by atoms with Crippen LogP contribution < -0.4 is 4.74 Å². The van der Waals surface area contributed by atoms with Crippen LogP contribution in [-0.2, 0) is 10.0 Å². The molecule has 0 N–H and O–H groups in total. The molecule has 2 aromatic carbocycles. The van der Waals surface area contributed by atoms with Crippen molar-refractivity contribution >= 4 is 26.7 Å². The summed E-state index contributed by atoms with van der Waals surface area (Å²) in [6, 6.07) is 17.4. The fraction of sp³-hybridized carbons (Fsp3) is 0.200. The lowest BCUT2D eigenvalue weighted by atomic mass is 10.2. The largest absolute Gasteiger partial charge is 0.472 e. The number of hydrogen-bond acceptors (Lipinski definition) is 5. The third-order valence-electron chi connectivity index (χ3n) is 4.57. The average molecular weight is 382 g/mol. The topological polar surface area (TPSA) is 76.6 Å². The van der Waals surface area contributed by atoms with Crippen LogP contribution in [0.4, 0.5) is 0 Å². The Morgan fingerprint density at radius 2 is 1.74 bits per heavy atom. The second-order valence-corrected chi connectivity index (χ2v) is 8.42. The smallest absolute Gasteiger partial charge is 0.243 e. The van der Waals surface area contributed by atoms with Gasteiger partial charge >= 0.3 is 0 Å². The van der Waals surface area contributed by atoms with Gasteiger partial charge in [-0.1, -0.05) is 30.3 Å². The van der Waals surface area contributed by atoms with Gasteiger partial charge in [0.2, 0.25) is 15.9 Å². The van der Waals surface area contributed by atoms with Gasteiger partial charge in [0.1, 0.15) is 6.10 Å². The maximum atomic E-state index is 12.6. The minimum Gasteiger partial charge on any atom is -0.472 e. The first kappa shape index (κ1) is 17.6. The van der Waals surface area contributed by atoms with E-state index in [2.05, 4.69) is 4.98 Å². The Hall–Kier alpha value is -2.77. The first-order valence-electron chi connectivity index (χ1n) is 8.57. The molecule has 138 valence electrons. The number of rotatable bonds is 5. The Labute approximate surface area is 157 Å². The average Bonchev–Trinajstić information content (AvgIpc) is 2.64. The lowest BCUT2D eigenvalue weighted by molar-refractivity contribution is 0.0724. The number of hydrogen-bond donors (Lipinski definition) is 0. The number of benzene rings is 2. The molecule has 6 nitrogen and oxygen atoms in total. The van der Waals surface area contributed by atoms with Crippen molar-refractivity contribution in [1.29, 1.82) is 0 Å². The lowest BCUT2D eigenvalue weighted by Gasteiger charge is -2.37. The molecule has 3 aromatic rings. The van der Waals surface area contributed by atoms with Crippen molar-refractivity contribution in [1.82, 2.24) is 9.29 Å². The van der Waals surface area contributed by atoms with Crippen LogP contribution in [0.3, 0.4) is 0 Å². The number of sulfonamides is 1. The van der Waals surface area contributed by atoms with Crippen LogP contribution in [0.25, 0.3) is 10.9 Å². The number of Topliss-reactive ketones (excluding diaryl/α,β-unsaturated/α-hetero) is 1. The molecule has 0 amide bonds. The Balaban J connectivity index is 1.42. The van der Waals surface area contributed by atoms with E-state index in [-0.39, 0.29) is 29.9 Å². The first-order valence-corrected chi connectivity index (χ1v) is 10.0. The van der Waals surface area contributed by atoms with Gasteiger partial charge in [-0.15, -0.1) is 0 Å². The summed E-state index contributed by atoms with van der Waals surface area (Å²) in [5.41, 5.74) is 1.32. The van der Waals surface area contributed by atoms with E-state index in [1.54, 1.807) is 6.07 Å². The second kappa shape index (κ2) is 6.75. The summed E-state index contributed by atoms with van der Waals surface area (Å²) >= 11 is 0. The van der Waals surface area contributed by atoms with Crippen LogP contribution in [0.2, 0.25) is 0 Å². The van der Waals surface area contributed by atoms with E-state index in [0.29, 0.717) is 11.4 Å². The third kappa shape index (κ3) is 3.43. The molecular formula is C20H18N2O4S. The van der Waals surface area contributed by atoms with Gasteiger partial charge in [0.25, 0.3) is 0 Å². The van der Waals surface area contributed by atoms with Crippen LogP contribution in [-0.4, -0.2) is 42.7 Å². The zero-order valence-corrected chi connectivity index (χ0v) is 15.5. The van der Waals surface area contributed by atoms with Crippen LogP contribution in [0.15, 0.2) is 65.6 Å². The highest BCUT2D eigenvalue weighted by atomic mass is 32.2. The van der Waals surface area contributed by atoms with E-state index in [1.165, 1.54) is 35.5 Å². The maximum absolute atomic E-state index is 12.6. The van der Waals surface area contributed by atoms with Crippen molar-refractivity contribution in [3.63, 3.8) is 0 Å². The number of carbonyl (C=O) groups is 1. The summed E-state index contributed by atoms with van der Waals surface area (Å²) in [5, 5.41) is 1.02. The first-order chi connectivity index (χ1) is 12.9. The molecule has 0 saturated carbocycles. The molecule has 1 aliphatic rings. The molecule has 1 fully saturated rings. The number of aromatic nitrogens is 1. The van der Waals surface area contributed by atoms with Crippen LogP contribution >= 0.6 is 0 Å². The molecule has 0 atom stereocenters. The Morgan fingerprint density at radius 1 is 1.04 bits per heavy atom. The molecule has 0 aliphatic carbocycles. The van der Waals surface area contributed by atoms with Crippen LogP contribution in [0, 0.1) is 0 Å². The number of ketones is 1. The molecule has 0 unspecified atom stereocenters. The van der Waals surface area contributed by atoms with Crippen molar-refractivity contribution in [2.75, 3.05) is 13.1 Å². The molecular weight excluding hydrogens is 364 g/mol. The quantitative estimate of drug-likeness (QED) is 0.634. The number of carbonyl (C=O) groups excluding carboxylic acids is 1. The summed E-state index contributed by atoms with van der Waals surface area (Å²) < 4.78 is 32.4. The van der Waals surface area contributed by atoms with Crippen molar-refractivity contribution in [3.05, 3.63) is 66.2 Å². The molecule has 4 rings (SSSR count). The minimum atomic E-state index is -3.58. The maximum Gasteiger partial charge on any atom is 0.243 e. The van der Waals surface area contributed by atoms with Crippen LogP contribution in [0.5, 0.6) is 5.88 Å². The van der Waals surface area contributed by atoms with Gasteiger partial charge in [-0.25, -0.2) is 13.4 Å². The number of ether oxygens (including phenoxy) is 1. The summed E-state index contributed by atoms with van der Waals surface area (Å²) in [6.45, 7) is 1.98. The molecule has 0 spiro atoms. The summed E-state index contributed by atoms with van der Waals surface area (Å²) in [6.07, 6.45) is -0.232. The van der Waals surface area contributed by atoms with E-state index in [4.69, 9.17) is 4.74 Å². The zero-order valence-electron chi connectivity index (χ0n) is 14.7. The van der Waals surface area contributed by atoms with E-state index in [9.17, 15) is 13.2 Å². The predicted molar refractivity (Wildman–Crippen MR) is 101 cm³/mol. The zero-order chi connectivity index (χ0) is 19.0. The second-order valence-electron chi connectivity index (χ2n) is 6.48. The highest BCUT2D eigenvalue weighted by Crippen LogP contribution is 2.25. The summed E-state index contributed by atoms with van der Waals surface area (Å²) in [5.74, 6) is 0.390. The van der Waals surface area contributed by atoms with Crippen molar-refractivity contribution < 1.29 is 17.9 Å². The van der Waals surface area contributed by atoms with Crippen molar-refractivity contribution in [3.8, 4) is 5.88 Å². The molecule has 0 radical (unpaired) electrons. The third-order valence-corrected chi connectivity index (χ3v) is 6.42. The highest BCUT2D eigenvalue weighted by molar-refractivity contribution is 7.89. The van der Waals surface area contributed by atoms with Gasteiger partial charge in [0.05, 0.1) is 23.5 Å². The standard InChI is InChI=1S/C20H18N2O4S/c1-14(23)15-6-9-18(10-7-15)27(24,25)22-12-17(13-22)26-20-11-8-16-4-2-3-5-19(16)21-20/h2-11,17H,12-13H2,1H3. The number of nitrogens with zero attached hydrogens (tertiary/aromatic N) is 2. The van der Waals surface area contributed by atoms with Gasteiger partial charge in [-0.05, 0) is 31.2 Å². The summed E-state index contributed by atoms with van der Waals surface area (Å²) in [4.78, 5) is 15.9. The number of pyridine rings is 1. The molecule has 2 heterocycles.